The number of amides is 1. The minimum Gasteiger partial charge on any atom is -0.493 e. The minimum absolute atomic E-state index is 0.0305. The summed E-state index contributed by atoms with van der Waals surface area (Å²) in [5.41, 5.74) is 5.55. The van der Waals surface area contributed by atoms with Crippen LogP contribution in [-0.4, -0.2) is 46.8 Å². The quantitative estimate of drug-likeness (QED) is 0.339. The van der Waals surface area contributed by atoms with E-state index in [-0.39, 0.29) is 5.91 Å². The third-order valence-corrected chi connectivity index (χ3v) is 8.05. The number of likely N-dealkylation sites (tertiary alicyclic amines) is 1. The fourth-order valence-corrected chi connectivity index (χ4v) is 5.94. The van der Waals surface area contributed by atoms with E-state index >= 15 is 0 Å². The second kappa shape index (κ2) is 11.8. The molecule has 2 aliphatic heterocycles. The van der Waals surface area contributed by atoms with E-state index in [2.05, 4.69) is 42.2 Å². The average Bonchev–Trinajstić information content (AvgIpc) is 3.15. The van der Waals surface area contributed by atoms with Crippen LogP contribution in [0.1, 0.15) is 66.6 Å². The zero-order valence-corrected chi connectivity index (χ0v) is 24.2. The van der Waals surface area contributed by atoms with Crippen LogP contribution in [0.2, 0.25) is 0 Å². The highest BCUT2D eigenvalue weighted by Gasteiger charge is 2.27. The SMILES string of the molecule is Cc1ccc2c(c1)Nc1c(cnn1C)CN2C(=O)c1ccc(OCCCC2CCN(CC(C)C)CC2)c(C)c1. The van der Waals surface area contributed by atoms with Gasteiger partial charge in [-0.1, -0.05) is 19.9 Å². The lowest BCUT2D eigenvalue weighted by Gasteiger charge is -2.33. The Hall–Kier alpha value is -3.32. The first-order valence-corrected chi connectivity index (χ1v) is 14.4. The Morgan fingerprint density at radius 1 is 1.13 bits per heavy atom. The van der Waals surface area contributed by atoms with E-state index in [0.717, 1.165) is 57.9 Å². The number of aryl methyl sites for hydroxylation is 3. The summed E-state index contributed by atoms with van der Waals surface area (Å²) in [6.07, 6.45) is 6.73. The Balaban J connectivity index is 1.20. The van der Waals surface area contributed by atoms with Gasteiger partial charge in [0.1, 0.15) is 11.6 Å². The van der Waals surface area contributed by atoms with Crippen LogP contribution in [0.4, 0.5) is 17.2 Å². The molecule has 1 fully saturated rings. The van der Waals surface area contributed by atoms with Crippen molar-refractivity contribution in [1.82, 2.24) is 14.7 Å². The van der Waals surface area contributed by atoms with Crippen molar-refractivity contribution in [3.05, 3.63) is 64.8 Å². The molecule has 0 radical (unpaired) electrons. The summed E-state index contributed by atoms with van der Waals surface area (Å²) in [5.74, 6) is 3.31. The summed E-state index contributed by atoms with van der Waals surface area (Å²) >= 11 is 0. The van der Waals surface area contributed by atoms with Crippen molar-refractivity contribution < 1.29 is 9.53 Å². The molecule has 0 saturated carbocycles. The second-order valence-corrected chi connectivity index (χ2v) is 11.8. The van der Waals surface area contributed by atoms with Crippen molar-refractivity contribution in [1.29, 1.82) is 0 Å². The van der Waals surface area contributed by atoms with Crippen LogP contribution in [0.3, 0.4) is 0 Å². The molecule has 208 valence electrons. The lowest BCUT2D eigenvalue weighted by Crippen LogP contribution is -2.36. The molecule has 7 heteroatoms. The van der Waals surface area contributed by atoms with Gasteiger partial charge in [0.15, 0.2) is 0 Å². The molecule has 0 unspecified atom stereocenters. The normalized spacial score (nSPS) is 16.0. The van der Waals surface area contributed by atoms with Crippen molar-refractivity contribution in [3.63, 3.8) is 0 Å². The van der Waals surface area contributed by atoms with Crippen molar-refractivity contribution in [2.75, 3.05) is 36.5 Å². The number of fused-ring (bicyclic) bond motifs is 2. The highest BCUT2D eigenvalue weighted by Crippen LogP contribution is 2.37. The summed E-state index contributed by atoms with van der Waals surface area (Å²) in [6.45, 7) is 13.5. The number of ether oxygens (including phenoxy) is 1. The van der Waals surface area contributed by atoms with Gasteiger partial charge in [0, 0.05) is 24.7 Å². The summed E-state index contributed by atoms with van der Waals surface area (Å²) in [6, 6.07) is 12.0. The first kappa shape index (κ1) is 27.3. The van der Waals surface area contributed by atoms with Crippen LogP contribution >= 0.6 is 0 Å². The van der Waals surface area contributed by atoms with Crippen molar-refractivity contribution in [2.24, 2.45) is 18.9 Å². The maximum Gasteiger partial charge on any atom is 0.258 e. The van der Waals surface area contributed by atoms with Gasteiger partial charge < -0.3 is 19.9 Å². The number of carbonyl (C=O) groups excluding carboxylic acids is 1. The van der Waals surface area contributed by atoms with Crippen LogP contribution in [0.15, 0.2) is 42.6 Å². The third-order valence-electron chi connectivity index (χ3n) is 8.05. The lowest BCUT2D eigenvalue weighted by atomic mass is 9.92. The van der Waals surface area contributed by atoms with E-state index in [9.17, 15) is 4.79 Å². The molecular formula is C32H43N5O2. The van der Waals surface area contributed by atoms with Gasteiger partial charge in [-0.2, -0.15) is 5.10 Å². The Morgan fingerprint density at radius 3 is 2.67 bits per heavy atom. The first-order valence-electron chi connectivity index (χ1n) is 14.4. The van der Waals surface area contributed by atoms with Gasteiger partial charge in [-0.3, -0.25) is 9.48 Å². The van der Waals surface area contributed by atoms with Crippen molar-refractivity contribution >= 4 is 23.1 Å². The molecule has 7 nitrogen and oxygen atoms in total. The van der Waals surface area contributed by atoms with E-state index in [1.54, 1.807) is 0 Å². The molecule has 3 aromatic rings. The predicted molar refractivity (Wildman–Crippen MR) is 158 cm³/mol. The molecule has 5 rings (SSSR count). The molecule has 1 aromatic heterocycles. The maximum absolute atomic E-state index is 13.8. The van der Waals surface area contributed by atoms with Crippen LogP contribution in [0.5, 0.6) is 5.75 Å². The van der Waals surface area contributed by atoms with Crippen LogP contribution in [0.25, 0.3) is 0 Å². The monoisotopic (exact) mass is 529 g/mol. The van der Waals surface area contributed by atoms with Gasteiger partial charge in [0.25, 0.3) is 5.91 Å². The van der Waals surface area contributed by atoms with E-state index in [0.29, 0.717) is 18.7 Å². The first-order chi connectivity index (χ1) is 18.8. The van der Waals surface area contributed by atoms with Gasteiger partial charge in [-0.15, -0.1) is 0 Å². The second-order valence-electron chi connectivity index (χ2n) is 11.8. The number of anilines is 3. The number of hydrogen-bond acceptors (Lipinski definition) is 5. The largest absolute Gasteiger partial charge is 0.493 e. The fraction of sp³-hybridized carbons (Fsp3) is 0.500. The molecule has 1 saturated heterocycles. The fourth-order valence-electron chi connectivity index (χ4n) is 5.94. The van der Waals surface area contributed by atoms with Crippen molar-refractivity contribution in [2.45, 2.75) is 59.9 Å². The zero-order valence-electron chi connectivity index (χ0n) is 24.2. The number of rotatable bonds is 8. The summed E-state index contributed by atoms with van der Waals surface area (Å²) in [7, 11) is 1.91. The number of hydrogen-bond donors (Lipinski definition) is 1. The minimum atomic E-state index is -0.0305. The van der Waals surface area contributed by atoms with Crippen LogP contribution in [-0.2, 0) is 13.6 Å². The number of nitrogens with one attached hydrogen (secondary N) is 1. The molecule has 0 aliphatic carbocycles. The average molecular weight is 530 g/mol. The lowest BCUT2D eigenvalue weighted by molar-refractivity contribution is 0.0985. The smallest absolute Gasteiger partial charge is 0.258 e. The number of nitrogens with zero attached hydrogens (tertiary/aromatic N) is 4. The maximum atomic E-state index is 13.8. The van der Waals surface area contributed by atoms with Crippen molar-refractivity contribution in [3.8, 4) is 5.75 Å². The topological polar surface area (TPSA) is 62.6 Å². The molecule has 39 heavy (non-hydrogen) atoms. The Kier molecular flexibility index (Phi) is 8.26. The van der Waals surface area contributed by atoms with Gasteiger partial charge in [-0.05, 0) is 106 Å². The van der Waals surface area contributed by atoms with Crippen LogP contribution < -0.4 is 15.0 Å². The summed E-state index contributed by atoms with van der Waals surface area (Å²) < 4.78 is 7.99. The highest BCUT2D eigenvalue weighted by atomic mass is 16.5. The highest BCUT2D eigenvalue weighted by molar-refractivity contribution is 6.08. The molecule has 0 spiro atoms. The van der Waals surface area contributed by atoms with E-state index in [4.69, 9.17) is 4.74 Å². The molecule has 0 bridgehead atoms. The van der Waals surface area contributed by atoms with Gasteiger partial charge >= 0.3 is 0 Å². The van der Waals surface area contributed by atoms with E-state index in [1.165, 1.54) is 38.9 Å². The third kappa shape index (κ3) is 6.30. The number of benzene rings is 2. The molecule has 2 aromatic carbocycles. The molecule has 0 atom stereocenters. The predicted octanol–water partition coefficient (Wildman–Crippen LogP) is 6.47. The van der Waals surface area contributed by atoms with Gasteiger partial charge in [-0.25, -0.2) is 0 Å². The molecule has 1 amide bonds. The summed E-state index contributed by atoms with van der Waals surface area (Å²) in [4.78, 5) is 18.3. The number of piperidine rings is 1. The standard InChI is InChI=1S/C32H43N5O2/c1-22(2)20-36-14-12-25(13-15-36)7-6-16-39-30-11-9-26(18-24(30)4)32(38)37-21-27-19-33-35(5)31(27)34-28-17-23(3)8-10-29(28)37/h8-11,17-19,22,25,34H,6-7,12-16,20-21H2,1-5H3. The molecule has 1 N–H and O–H groups in total. The van der Waals surface area contributed by atoms with E-state index < -0.39 is 0 Å². The molecule has 2 aliphatic rings. The summed E-state index contributed by atoms with van der Waals surface area (Å²) in [5, 5.41) is 7.90. The molecular weight excluding hydrogens is 486 g/mol. The molecule has 3 heterocycles. The van der Waals surface area contributed by atoms with Gasteiger partial charge in [0.2, 0.25) is 0 Å². The number of aromatic nitrogens is 2. The van der Waals surface area contributed by atoms with Crippen LogP contribution in [0, 0.1) is 25.7 Å². The van der Waals surface area contributed by atoms with Gasteiger partial charge in [0.05, 0.1) is 30.7 Å². The Bertz CT molecular complexity index is 1310. The van der Waals surface area contributed by atoms with E-state index in [1.807, 2.05) is 60.1 Å². The number of carbonyl (C=O) groups is 1. The Labute approximate surface area is 233 Å². The Morgan fingerprint density at radius 2 is 1.92 bits per heavy atom. The zero-order chi connectivity index (χ0) is 27.5.